The standard InChI is InChI=1S/C11H16N2O4/c1-2-7-17-11(16)4-3-10(15)13-6-5-12-9(14)8-13/h3-4H,2,5-8H2,1H3,(H,12,14)/b4-3+. The highest BCUT2D eigenvalue weighted by atomic mass is 16.5. The number of hydrogen-bond acceptors (Lipinski definition) is 4. The van der Waals surface area contributed by atoms with Crippen molar-refractivity contribution in [2.75, 3.05) is 26.2 Å². The second-order valence-corrected chi connectivity index (χ2v) is 3.61. The van der Waals surface area contributed by atoms with Crippen LogP contribution in [0.5, 0.6) is 0 Å². The quantitative estimate of drug-likeness (QED) is 0.528. The maximum absolute atomic E-state index is 11.6. The van der Waals surface area contributed by atoms with Crippen molar-refractivity contribution in [3.63, 3.8) is 0 Å². The highest BCUT2D eigenvalue weighted by molar-refractivity contribution is 5.96. The predicted octanol–water partition coefficient (Wildman–Crippen LogP) is -0.546. The molecule has 0 unspecified atom stereocenters. The molecule has 0 aliphatic carbocycles. The number of amides is 2. The van der Waals surface area contributed by atoms with E-state index < -0.39 is 5.97 Å². The van der Waals surface area contributed by atoms with E-state index in [-0.39, 0.29) is 18.4 Å². The molecule has 1 saturated heterocycles. The van der Waals surface area contributed by atoms with Crippen LogP contribution in [0.1, 0.15) is 13.3 Å². The van der Waals surface area contributed by atoms with Crippen molar-refractivity contribution in [2.45, 2.75) is 13.3 Å². The number of piperazine rings is 1. The van der Waals surface area contributed by atoms with Crippen LogP contribution in [0.3, 0.4) is 0 Å². The zero-order valence-corrected chi connectivity index (χ0v) is 9.77. The summed E-state index contributed by atoms with van der Waals surface area (Å²) in [5.74, 6) is -1.08. The molecule has 0 atom stereocenters. The Labute approximate surface area is 99.6 Å². The van der Waals surface area contributed by atoms with Gasteiger partial charge < -0.3 is 15.0 Å². The maximum Gasteiger partial charge on any atom is 0.330 e. The minimum atomic E-state index is -0.540. The molecule has 1 N–H and O–H groups in total. The first-order chi connectivity index (χ1) is 8.13. The van der Waals surface area contributed by atoms with E-state index in [1.54, 1.807) is 0 Å². The molecule has 1 aliphatic heterocycles. The van der Waals surface area contributed by atoms with Gasteiger partial charge in [-0.1, -0.05) is 6.92 Å². The van der Waals surface area contributed by atoms with E-state index in [0.29, 0.717) is 19.7 Å². The van der Waals surface area contributed by atoms with Gasteiger partial charge in [-0.15, -0.1) is 0 Å². The van der Waals surface area contributed by atoms with Crippen LogP contribution >= 0.6 is 0 Å². The smallest absolute Gasteiger partial charge is 0.330 e. The Balaban J connectivity index is 2.39. The van der Waals surface area contributed by atoms with Gasteiger partial charge >= 0.3 is 5.97 Å². The zero-order valence-electron chi connectivity index (χ0n) is 9.77. The average Bonchev–Trinajstić information content (AvgIpc) is 2.33. The van der Waals surface area contributed by atoms with Gasteiger partial charge in [0.25, 0.3) is 0 Å². The number of esters is 1. The van der Waals surface area contributed by atoms with Crippen molar-refractivity contribution >= 4 is 17.8 Å². The van der Waals surface area contributed by atoms with Gasteiger partial charge in [-0.2, -0.15) is 0 Å². The van der Waals surface area contributed by atoms with Crippen LogP contribution in [0.2, 0.25) is 0 Å². The molecule has 1 heterocycles. The SMILES string of the molecule is CCCOC(=O)/C=C/C(=O)N1CCNC(=O)C1. The Morgan fingerprint density at radius 2 is 2.24 bits per heavy atom. The molecule has 0 radical (unpaired) electrons. The first kappa shape index (κ1) is 13.2. The van der Waals surface area contributed by atoms with Crippen molar-refractivity contribution in [2.24, 2.45) is 0 Å². The van der Waals surface area contributed by atoms with Crippen molar-refractivity contribution in [3.05, 3.63) is 12.2 Å². The molecule has 0 bridgehead atoms. The van der Waals surface area contributed by atoms with Crippen molar-refractivity contribution < 1.29 is 19.1 Å². The molecule has 0 aromatic carbocycles. The van der Waals surface area contributed by atoms with E-state index in [1.165, 1.54) is 4.90 Å². The van der Waals surface area contributed by atoms with Crippen LogP contribution in [-0.2, 0) is 19.1 Å². The van der Waals surface area contributed by atoms with Crippen molar-refractivity contribution in [1.29, 1.82) is 0 Å². The summed E-state index contributed by atoms with van der Waals surface area (Å²) in [6.07, 6.45) is 2.96. The third-order valence-corrected chi connectivity index (χ3v) is 2.16. The minimum Gasteiger partial charge on any atom is -0.463 e. The summed E-state index contributed by atoms with van der Waals surface area (Å²) >= 11 is 0. The van der Waals surface area contributed by atoms with Gasteiger partial charge in [0.15, 0.2) is 0 Å². The number of rotatable bonds is 4. The molecule has 2 amide bonds. The summed E-state index contributed by atoms with van der Waals surface area (Å²) in [4.78, 5) is 35.1. The summed E-state index contributed by atoms with van der Waals surface area (Å²) in [7, 11) is 0. The third-order valence-electron chi connectivity index (χ3n) is 2.16. The molecule has 94 valence electrons. The topological polar surface area (TPSA) is 75.7 Å². The lowest BCUT2D eigenvalue weighted by molar-refractivity contribution is -0.138. The first-order valence-electron chi connectivity index (χ1n) is 5.54. The number of hydrogen-bond donors (Lipinski definition) is 1. The molecule has 0 spiro atoms. The number of nitrogens with one attached hydrogen (secondary N) is 1. The van der Waals surface area contributed by atoms with Crippen LogP contribution < -0.4 is 5.32 Å². The van der Waals surface area contributed by atoms with Crippen LogP contribution in [0.25, 0.3) is 0 Å². The van der Waals surface area contributed by atoms with E-state index in [9.17, 15) is 14.4 Å². The molecule has 1 aliphatic rings. The van der Waals surface area contributed by atoms with E-state index in [0.717, 1.165) is 18.6 Å². The van der Waals surface area contributed by atoms with Crippen molar-refractivity contribution in [1.82, 2.24) is 10.2 Å². The van der Waals surface area contributed by atoms with Gasteiger partial charge in [-0.25, -0.2) is 4.79 Å². The third kappa shape index (κ3) is 4.67. The average molecular weight is 240 g/mol. The molecule has 1 rings (SSSR count). The minimum absolute atomic E-state index is 0.0349. The zero-order chi connectivity index (χ0) is 12.7. The van der Waals surface area contributed by atoms with Crippen LogP contribution in [0.15, 0.2) is 12.2 Å². The Morgan fingerprint density at radius 1 is 1.47 bits per heavy atom. The summed E-state index contributed by atoms with van der Waals surface area (Å²) in [5, 5.41) is 2.61. The van der Waals surface area contributed by atoms with Gasteiger partial charge in [0.1, 0.15) is 0 Å². The fraction of sp³-hybridized carbons (Fsp3) is 0.545. The number of carbonyl (C=O) groups is 3. The molecule has 1 fully saturated rings. The predicted molar refractivity (Wildman–Crippen MR) is 60.0 cm³/mol. The Kier molecular flexibility index (Phi) is 5.19. The van der Waals surface area contributed by atoms with Gasteiger partial charge in [0.05, 0.1) is 13.2 Å². The van der Waals surface area contributed by atoms with Crippen LogP contribution in [-0.4, -0.2) is 48.9 Å². The van der Waals surface area contributed by atoms with Crippen molar-refractivity contribution in [3.8, 4) is 0 Å². The number of nitrogens with zero attached hydrogens (tertiary/aromatic N) is 1. The highest BCUT2D eigenvalue weighted by Crippen LogP contribution is 1.96. The monoisotopic (exact) mass is 240 g/mol. The lowest BCUT2D eigenvalue weighted by Gasteiger charge is -2.25. The fourth-order valence-electron chi connectivity index (χ4n) is 1.32. The van der Waals surface area contributed by atoms with Gasteiger partial charge in [0, 0.05) is 25.2 Å². The summed E-state index contributed by atoms with van der Waals surface area (Å²) in [6, 6.07) is 0. The number of carbonyl (C=O) groups excluding carboxylic acids is 3. The maximum atomic E-state index is 11.6. The lowest BCUT2D eigenvalue weighted by atomic mass is 10.3. The molecule has 6 heteroatoms. The summed E-state index contributed by atoms with van der Waals surface area (Å²) in [5.41, 5.74) is 0. The fourth-order valence-corrected chi connectivity index (χ4v) is 1.32. The van der Waals surface area contributed by atoms with E-state index in [2.05, 4.69) is 5.32 Å². The highest BCUT2D eigenvalue weighted by Gasteiger charge is 2.19. The molecule has 0 saturated carbocycles. The largest absolute Gasteiger partial charge is 0.463 e. The van der Waals surface area contributed by atoms with Gasteiger partial charge in [-0.05, 0) is 6.42 Å². The normalized spacial score (nSPS) is 15.8. The van der Waals surface area contributed by atoms with Gasteiger partial charge in [0.2, 0.25) is 11.8 Å². The van der Waals surface area contributed by atoms with Crippen LogP contribution in [0.4, 0.5) is 0 Å². The molecule has 17 heavy (non-hydrogen) atoms. The van der Waals surface area contributed by atoms with Crippen LogP contribution in [0, 0.1) is 0 Å². The molecule has 0 aromatic heterocycles. The molecule has 0 aromatic rings. The second kappa shape index (κ2) is 6.67. The Morgan fingerprint density at radius 3 is 2.88 bits per heavy atom. The molecular weight excluding hydrogens is 224 g/mol. The summed E-state index contributed by atoms with van der Waals surface area (Å²) in [6.45, 7) is 3.16. The summed E-state index contributed by atoms with van der Waals surface area (Å²) < 4.78 is 4.77. The second-order valence-electron chi connectivity index (χ2n) is 3.61. The Hall–Kier alpha value is -1.85. The van der Waals surface area contributed by atoms with Gasteiger partial charge in [-0.3, -0.25) is 9.59 Å². The molecule has 6 nitrogen and oxygen atoms in total. The lowest BCUT2D eigenvalue weighted by Crippen LogP contribution is -2.49. The first-order valence-corrected chi connectivity index (χ1v) is 5.54. The van der Waals surface area contributed by atoms with E-state index in [1.807, 2.05) is 6.92 Å². The Bertz CT molecular complexity index is 338. The number of ether oxygens (including phenoxy) is 1. The van der Waals surface area contributed by atoms with E-state index >= 15 is 0 Å². The van der Waals surface area contributed by atoms with E-state index in [4.69, 9.17) is 4.74 Å². The molecular formula is C11H16N2O4.